The molecule has 7 nitrogen and oxygen atoms in total. The Hall–Kier alpha value is -2.75. The molecule has 32 heavy (non-hydrogen) atoms. The normalized spacial score (nSPS) is 16.7. The molecule has 1 atom stereocenters. The van der Waals surface area contributed by atoms with E-state index in [2.05, 4.69) is 4.98 Å². The molecule has 1 saturated heterocycles. The molecule has 2 heterocycles. The van der Waals surface area contributed by atoms with Crippen LogP contribution >= 0.6 is 0 Å². The van der Waals surface area contributed by atoms with Crippen molar-refractivity contribution in [2.24, 2.45) is 0 Å². The van der Waals surface area contributed by atoms with E-state index in [9.17, 15) is 17.6 Å². The summed E-state index contributed by atoms with van der Waals surface area (Å²) in [6.07, 6.45) is 1.23. The van der Waals surface area contributed by atoms with Gasteiger partial charge in [0.15, 0.2) is 0 Å². The van der Waals surface area contributed by atoms with Gasteiger partial charge in [0, 0.05) is 36.2 Å². The Kier molecular flexibility index (Phi) is 6.59. The Morgan fingerprint density at radius 3 is 2.75 bits per heavy atom. The zero-order chi connectivity index (χ0) is 22.7. The summed E-state index contributed by atoms with van der Waals surface area (Å²) in [5, 5.41) is 0.714. The molecule has 1 aliphatic rings. The molecule has 0 saturated carbocycles. The molecule has 2 aromatic carbocycles. The lowest BCUT2D eigenvalue weighted by Crippen LogP contribution is -2.38. The second-order valence-corrected chi connectivity index (χ2v) is 9.58. The van der Waals surface area contributed by atoms with Crippen molar-refractivity contribution in [3.05, 3.63) is 70.3 Å². The minimum absolute atomic E-state index is 0.0349. The third-order valence-corrected chi connectivity index (χ3v) is 7.28. The fourth-order valence-corrected chi connectivity index (χ4v) is 5.36. The number of nitrogens with zero attached hydrogens (tertiary/aromatic N) is 1. The lowest BCUT2D eigenvalue weighted by molar-refractivity contribution is 0.0925. The number of nitrogens with one attached hydrogen (secondary N) is 1. The zero-order valence-electron chi connectivity index (χ0n) is 17.7. The van der Waals surface area contributed by atoms with Crippen molar-refractivity contribution in [2.45, 2.75) is 37.3 Å². The van der Waals surface area contributed by atoms with Crippen molar-refractivity contribution in [1.29, 1.82) is 0 Å². The predicted molar refractivity (Wildman–Crippen MR) is 119 cm³/mol. The summed E-state index contributed by atoms with van der Waals surface area (Å²) >= 11 is 0. The van der Waals surface area contributed by atoms with Gasteiger partial charge in [-0.25, -0.2) is 12.8 Å². The molecular formula is C23H25FN2O5S. The highest BCUT2D eigenvalue weighted by molar-refractivity contribution is 7.89. The molecule has 1 aromatic heterocycles. The molecule has 170 valence electrons. The first-order valence-corrected chi connectivity index (χ1v) is 12.0. The Morgan fingerprint density at radius 1 is 1.22 bits per heavy atom. The number of hydrogen-bond acceptors (Lipinski definition) is 5. The highest BCUT2D eigenvalue weighted by Gasteiger charge is 2.31. The molecule has 0 spiro atoms. The average Bonchev–Trinajstić information content (AvgIpc) is 3.27. The van der Waals surface area contributed by atoms with Gasteiger partial charge in [0.1, 0.15) is 16.5 Å². The third kappa shape index (κ3) is 4.69. The number of ether oxygens (including phenoxy) is 2. The summed E-state index contributed by atoms with van der Waals surface area (Å²) < 4.78 is 53.4. The summed E-state index contributed by atoms with van der Waals surface area (Å²) in [5.41, 5.74) is 0.469. The van der Waals surface area contributed by atoms with E-state index in [0.717, 1.165) is 16.8 Å². The number of fused-ring (bicyclic) bond motifs is 1. The minimum atomic E-state index is -4.20. The maximum atomic E-state index is 14.4. The minimum Gasteiger partial charge on any atom is -0.494 e. The van der Waals surface area contributed by atoms with Crippen molar-refractivity contribution >= 4 is 20.9 Å². The van der Waals surface area contributed by atoms with Crippen LogP contribution in [-0.2, 0) is 21.3 Å². The van der Waals surface area contributed by atoms with Gasteiger partial charge in [0.05, 0.1) is 12.7 Å². The van der Waals surface area contributed by atoms with E-state index in [4.69, 9.17) is 9.47 Å². The van der Waals surface area contributed by atoms with Gasteiger partial charge < -0.3 is 14.5 Å². The number of H-pyrrole nitrogens is 1. The Morgan fingerprint density at radius 2 is 2.03 bits per heavy atom. The molecule has 4 rings (SSSR count). The number of hydrogen-bond donors (Lipinski definition) is 1. The molecule has 0 amide bonds. The number of halogens is 1. The molecule has 0 radical (unpaired) electrons. The molecule has 1 aliphatic heterocycles. The molecular weight excluding hydrogens is 435 g/mol. The van der Waals surface area contributed by atoms with Crippen molar-refractivity contribution in [3.8, 4) is 5.75 Å². The molecule has 9 heteroatoms. The number of pyridine rings is 1. The van der Waals surface area contributed by atoms with Crippen molar-refractivity contribution in [2.75, 3.05) is 19.8 Å². The van der Waals surface area contributed by atoms with Gasteiger partial charge in [-0.2, -0.15) is 4.31 Å². The monoisotopic (exact) mass is 460 g/mol. The van der Waals surface area contributed by atoms with E-state index in [1.807, 2.05) is 6.92 Å². The van der Waals surface area contributed by atoms with E-state index in [1.54, 1.807) is 24.3 Å². The number of benzene rings is 2. The molecule has 0 aliphatic carbocycles. The van der Waals surface area contributed by atoms with Crippen LogP contribution in [0.25, 0.3) is 10.9 Å². The van der Waals surface area contributed by atoms with Crippen LogP contribution in [0.2, 0.25) is 0 Å². The second-order valence-electron chi connectivity index (χ2n) is 7.67. The van der Waals surface area contributed by atoms with E-state index >= 15 is 0 Å². The van der Waals surface area contributed by atoms with Crippen LogP contribution < -0.4 is 10.3 Å². The molecule has 0 bridgehead atoms. The standard InChI is InChI=1S/C23H25FN2O5S/c1-2-30-18-9-10-21-16(13-18)12-17(23(27)25-21)14-26(15-19-6-5-11-31-19)32(28,29)22-8-4-3-7-20(22)24/h3-4,7-10,12-13,19H,2,5-6,11,14-15H2,1H3,(H,25,27)/t19-/m0/s1. The summed E-state index contributed by atoms with van der Waals surface area (Å²) in [4.78, 5) is 15.1. The van der Waals surface area contributed by atoms with Crippen LogP contribution in [0.15, 0.2) is 58.2 Å². The van der Waals surface area contributed by atoms with E-state index < -0.39 is 26.3 Å². The first-order chi connectivity index (χ1) is 15.4. The maximum absolute atomic E-state index is 14.4. The van der Waals surface area contributed by atoms with Crippen LogP contribution in [0, 0.1) is 5.82 Å². The second kappa shape index (κ2) is 9.40. The Bertz CT molecular complexity index is 1270. The molecule has 3 aromatic rings. The van der Waals surface area contributed by atoms with Gasteiger partial charge in [-0.1, -0.05) is 12.1 Å². The topological polar surface area (TPSA) is 88.7 Å². The van der Waals surface area contributed by atoms with Crippen molar-refractivity contribution in [3.63, 3.8) is 0 Å². The average molecular weight is 461 g/mol. The fraction of sp³-hybridized carbons (Fsp3) is 0.348. The molecule has 0 unspecified atom stereocenters. The quantitative estimate of drug-likeness (QED) is 0.556. The number of aromatic nitrogens is 1. The van der Waals surface area contributed by atoms with Gasteiger partial charge in [-0.3, -0.25) is 4.79 Å². The first kappa shape index (κ1) is 22.4. The largest absolute Gasteiger partial charge is 0.494 e. The Balaban J connectivity index is 1.73. The number of rotatable bonds is 8. The van der Waals surface area contributed by atoms with Crippen molar-refractivity contribution < 1.29 is 22.3 Å². The van der Waals surface area contributed by atoms with Crippen LogP contribution in [0.3, 0.4) is 0 Å². The van der Waals surface area contributed by atoms with Crippen LogP contribution in [0.4, 0.5) is 4.39 Å². The van der Waals surface area contributed by atoms with Gasteiger partial charge in [-0.05, 0) is 56.2 Å². The molecule has 1 fully saturated rings. The zero-order valence-corrected chi connectivity index (χ0v) is 18.5. The highest BCUT2D eigenvalue weighted by atomic mass is 32.2. The first-order valence-electron chi connectivity index (χ1n) is 10.5. The fourth-order valence-electron chi connectivity index (χ4n) is 3.85. The Labute approximate surface area is 185 Å². The smallest absolute Gasteiger partial charge is 0.252 e. The van der Waals surface area contributed by atoms with Crippen molar-refractivity contribution in [1.82, 2.24) is 9.29 Å². The van der Waals surface area contributed by atoms with Gasteiger partial charge >= 0.3 is 0 Å². The lowest BCUT2D eigenvalue weighted by Gasteiger charge is -2.25. The SMILES string of the molecule is CCOc1ccc2[nH]c(=O)c(CN(C[C@@H]3CCCO3)S(=O)(=O)c3ccccc3F)cc2c1. The maximum Gasteiger partial charge on any atom is 0.252 e. The van der Waals surface area contributed by atoms with E-state index in [-0.39, 0.29) is 24.8 Å². The van der Waals surface area contributed by atoms with Gasteiger partial charge in [0.2, 0.25) is 10.0 Å². The lowest BCUT2D eigenvalue weighted by atomic mass is 10.1. The summed E-state index contributed by atoms with van der Waals surface area (Å²) in [6, 6.07) is 12.2. The number of aromatic amines is 1. The van der Waals surface area contributed by atoms with Crippen LogP contribution in [0.1, 0.15) is 25.3 Å². The summed E-state index contributed by atoms with van der Waals surface area (Å²) in [7, 11) is -4.20. The predicted octanol–water partition coefficient (Wildman–Crippen LogP) is 3.44. The summed E-state index contributed by atoms with van der Waals surface area (Å²) in [6.45, 7) is 2.75. The van der Waals surface area contributed by atoms with Gasteiger partial charge in [-0.15, -0.1) is 0 Å². The van der Waals surface area contributed by atoms with E-state index in [0.29, 0.717) is 36.3 Å². The molecule has 1 N–H and O–H groups in total. The summed E-state index contributed by atoms with van der Waals surface area (Å²) in [5.74, 6) is -0.188. The highest BCUT2D eigenvalue weighted by Crippen LogP contribution is 2.25. The van der Waals surface area contributed by atoms with E-state index in [1.165, 1.54) is 18.2 Å². The van der Waals surface area contributed by atoms with Crippen LogP contribution in [-0.4, -0.2) is 43.6 Å². The number of sulfonamides is 1. The van der Waals surface area contributed by atoms with Crippen LogP contribution in [0.5, 0.6) is 5.75 Å². The third-order valence-electron chi connectivity index (χ3n) is 5.44. The van der Waals surface area contributed by atoms with Gasteiger partial charge in [0.25, 0.3) is 5.56 Å².